The van der Waals surface area contributed by atoms with Gasteiger partial charge >= 0.3 is 0 Å². The summed E-state index contributed by atoms with van der Waals surface area (Å²) in [4.78, 5) is 0. The number of aryl methyl sites for hydroxylation is 1. The predicted octanol–water partition coefficient (Wildman–Crippen LogP) is 5.97. The summed E-state index contributed by atoms with van der Waals surface area (Å²) < 4.78 is 17.0. The zero-order valence-corrected chi connectivity index (χ0v) is 19.2. The fourth-order valence-electron chi connectivity index (χ4n) is 3.19. The van der Waals surface area contributed by atoms with Gasteiger partial charge in [-0.2, -0.15) is 0 Å². The normalized spacial score (nSPS) is 10.7. The van der Waals surface area contributed by atoms with Gasteiger partial charge in [0.1, 0.15) is 12.4 Å². The number of hydrogen-bond acceptors (Lipinski definition) is 4. The van der Waals surface area contributed by atoms with Crippen LogP contribution in [0.3, 0.4) is 0 Å². The average molecular weight is 440 g/mol. The summed E-state index contributed by atoms with van der Waals surface area (Å²) >= 11 is 6.54. The molecule has 4 nitrogen and oxygen atoms in total. The number of methoxy groups -OCH3 is 1. The number of ether oxygens (including phenoxy) is 3. The summed E-state index contributed by atoms with van der Waals surface area (Å²) in [5.74, 6) is 2.25. The Bertz CT molecular complexity index is 956. The fourth-order valence-corrected chi connectivity index (χ4v) is 3.41. The molecular weight excluding hydrogens is 410 g/mol. The van der Waals surface area contributed by atoms with E-state index in [1.54, 1.807) is 7.11 Å². The summed E-state index contributed by atoms with van der Waals surface area (Å²) in [6, 6.07) is 20.2. The third-order valence-electron chi connectivity index (χ3n) is 4.99. The Morgan fingerprint density at radius 1 is 0.871 bits per heavy atom. The van der Waals surface area contributed by atoms with Gasteiger partial charge < -0.3 is 19.5 Å². The highest BCUT2D eigenvalue weighted by Crippen LogP contribution is 2.34. The molecule has 164 valence electrons. The van der Waals surface area contributed by atoms with Crippen LogP contribution in [0.5, 0.6) is 17.2 Å². The maximum absolute atomic E-state index is 6.54. The Labute approximate surface area is 190 Å². The summed E-state index contributed by atoms with van der Waals surface area (Å²) in [7, 11) is 1.68. The first-order valence-corrected chi connectivity index (χ1v) is 10.9. The number of halogens is 1. The van der Waals surface area contributed by atoms with E-state index in [2.05, 4.69) is 48.6 Å². The molecule has 5 heteroatoms. The molecule has 0 aliphatic carbocycles. The van der Waals surface area contributed by atoms with E-state index < -0.39 is 0 Å². The molecule has 0 aliphatic heterocycles. The van der Waals surface area contributed by atoms with E-state index in [0.717, 1.165) is 29.8 Å². The molecular formula is C26H30ClNO3. The molecule has 0 spiro atoms. The van der Waals surface area contributed by atoms with Crippen LogP contribution in [-0.4, -0.2) is 20.3 Å². The van der Waals surface area contributed by atoms with Crippen LogP contribution in [0.15, 0.2) is 60.7 Å². The first-order valence-electron chi connectivity index (χ1n) is 10.6. The molecule has 3 aromatic rings. The lowest BCUT2D eigenvalue weighted by Gasteiger charge is -2.15. The van der Waals surface area contributed by atoms with Gasteiger partial charge in [0.2, 0.25) is 0 Å². The molecule has 0 unspecified atom stereocenters. The predicted molar refractivity (Wildman–Crippen MR) is 127 cm³/mol. The lowest BCUT2D eigenvalue weighted by molar-refractivity contribution is 0.269. The molecule has 0 heterocycles. The molecule has 0 saturated heterocycles. The first kappa shape index (κ1) is 23.0. The van der Waals surface area contributed by atoms with Gasteiger partial charge in [0.25, 0.3) is 0 Å². The summed E-state index contributed by atoms with van der Waals surface area (Å²) in [6.07, 6.45) is 0.928. The minimum Gasteiger partial charge on any atom is -0.497 e. The molecule has 0 radical (unpaired) electrons. The van der Waals surface area contributed by atoms with E-state index in [1.807, 2.05) is 31.2 Å². The zero-order valence-electron chi connectivity index (χ0n) is 18.4. The fraction of sp³-hybridized carbons (Fsp3) is 0.308. The van der Waals surface area contributed by atoms with Crippen molar-refractivity contribution in [1.29, 1.82) is 0 Å². The average Bonchev–Trinajstić information content (AvgIpc) is 2.79. The Hall–Kier alpha value is -2.69. The van der Waals surface area contributed by atoms with Crippen molar-refractivity contribution in [3.8, 4) is 17.2 Å². The van der Waals surface area contributed by atoms with E-state index in [4.69, 9.17) is 25.8 Å². The molecule has 0 saturated carbocycles. The summed E-state index contributed by atoms with van der Waals surface area (Å²) in [5.41, 5.74) is 4.58. The quantitative estimate of drug-likeness (QED) is 0.374. The largest absolute Gasteiger partial charge is 0.497 e. The third kappa shape index (κ3) is 6.91. The Morgan fingerprint density at radius 3 is 2.23 bits per heavy atom. The van der Waals surface area contributed by atoms with Gasteiger partial charge in [0.15, 0.2) is 11.5 Å². The molecule has 0 fully saturated rings. The van der Waals surface area contributed by atoms with Gasteiger partial charge in [-0.15, -0.1) is 0 Å². The van der Waals surface area contributed by atoms with Crippen LogP contribution < -0.4 is 19.5 Å². The van der Waals surface area contributed by atoms with Gasteiger partial charge in [0, 0.05) is 17.6 Å². The minimum absolute atomic E-state index is 0.468. The molecule has 3 rings (SSSR count). The third-order valence-corrected chi connectivity index (χ3v) is 5.34. The first-order chi connectivity index (χ1) is 15.1. The van der Waals surface area contributed by atoms with Crippen molar-refractivity contribution >= 4 is 11.6 Å². The van der Waals surface area contributed by atoms with Gasteiger partial charge in [-0.05, 0) is 61.7 Å². The van der Waals surface area contributed by atoms with Gasteiger partial charge in [-0.25, -0.2) is 0 Å². The number of hydrogen-bond donors (Lipinski definition) is 1. The van der Waals surface area contributed by atoms with Crippen LogP contribution in [-0.2, 0) is 19.6 Å². The standard InChI is InChI=1S/C26H30ClNO3/c1-4-30-25-15-22(17-28-14-13-20-9-11-23(29-3)12-10-20)24(27)16-26(25)31-18-21-7-5-19(2)6-8-21/h5-12,15-16,28H,4,13-14,17-18H2,1-3H3. The second-order valence-corrected chi connectivity index (χ2v) is 7.78. The molecule has 0 amide bonds. The van der Waals surface area contributed by atoms with Crippen molar-refractivity contribution in [2.75, 3.05) is 20.3 Å². The molecule has 0 aliphatic rings. The lowest BCUT2D eigenvalue weighted by atomic mass is 10.1. The Morgan fingerprint density at radius 2 is 1.55 bits per heavy atom. The van der Waals surface area contributed by atoms with E-state index in [1.165, 1.54) is 11.1 Å². The van der Waals surface area contributed by atoms with Crippen LogP contribution >= 0.6 is 11.6 Å². The second kappa shape index (κ2) is 11.6. The van der Waals surface area contributed by atoms with Crippen LogP contribution in [0.1, 0.15) is 29.2 Å². The van der Waals surface area contributed by atoms with Crippen molar-refractivity contribution in [2.45, 2.75) is 33.4 Å². The lowest BCUT2D eigenvalue weighted by Crippen LogP contribution is -2.17. The van der Waals surface area contributed by atoms with E-state index in [9.17, 15) is 0 Å². The zero-order chi connectivity index (χ0) is 22.1. The Kier molecular flexibility index (Phi) is 8.63. The van der Waals surface area contributed by atoms with Crippen LogP contribution in [0.4, 0.5) is 0 Å². The van der Waals surface area contributed by atoms with E-state index in [0.29, 0.717) is 36.3 Å². The number of nitrogens with one attached hydrogen (secondary N) is 1. The highest BCUT2D eigenvalue weighted by molar-refractivity contribution is 6.31. The SMILES string of the molecule is CCOc1cc(CNCCc2ccc(OC)cc2)c(Cl)cc1OCc1ccc(C)cc1. The molecule has 3 aromatic carbocycles. The van der Waals surface area contributed by atoms with Crippen molar-refractivity contribution in [3.63, 3.8) is 0 Å². The highest BCUT2D eigenvalue weighted by Gasteiger charge is 2.11. The topological polar surface area (TPSA) is 39.7 Å². The van der Waals surface area contributed by atoms with Gasteiger partial charge in [-0.1, -0.05) is 53.6 Å². The van der Waals surface area contributed by atoms with Crippen molar-refractivity contribution in [2.24, 2.45) is 0 Å². The van der Waals surface area contributed by atoms with Crippen LogP contribution in [0.2, 0.25) is 5.02 Å². The van der Waals surface area contributed by atoms with Crippen molar-refractivity contribution in [3.05, 3.63) is 87.9 Å². The summed E-state index contributed by atoms with van der Waals surface area (Å²) in [5, 5.41) is 4.13. The molecule has 0 aromatic heterocycles. The smallest absolute Gasteiger partial charge is 0.163 e. The van der Waals surface area contributed by atoms with Crippen LogP contribution in [0, 0.1) is 6.92 Å². The van der Waals surface area contributed by atoms with Crippen LogP contribution in [0.25, 0.3) is 0 Å². The maximum atomic E-state index is 6.54. The summed E-state index contributed by atoms with van der Waals surface area (Å²) in [6.45, 7) is 6.57. The van der Waals surface area contributed by atoms with E-state index in [-0.39, 0.29) is 0 Å². The molecule has 0 atom stereocenters. The second-order valence-electron chi connectivity index (χ2n) is 7.37. The highest BCUT2D eigenvalue weighted by atomic mass is 35.5. The van der Waals surface area contributed by atoms with Gasteiger partial charge in [-0.3, -0.25) is 0 Å². The van der Waals surface area contributed by atoms with Gasteiger partial charge in [0.05, 0.1) is 13.7 Å². The Balaban J connectivity index is 1.58. The monoisotopic (exact) mass is 439 g/mol. The number of rotatable bonds is 11. The van der Waals surface area contributed by atoms with E-state index >= 15 is 0 Å². The minimum atomic E-state index is 0.468. The molecule has 31 heavy (non-hydrogen) atoms. The molecule has 1 N–H and O–H groups in total. The molecule has 0 bridgehead atoms. The van der Waals surface area contributed by atoms with Crippen molar-refractivity contribution < 1.29 is 14.2 Å². The van der Waals surface area contributed by atoms with Crippen molar-refractivity contribution in [1.82, 2.24) is 5.32 Å². The number of benzene rings is 3. The maximum Gasteiger partial charge on any atom is 0.163 e.